The fourth-order valence-corrected chi connectivity index (χ4v) is 6.84. The van der Waals surface area contributed by atoms with Crippen LogP contribution in [0.25, 0.3) is 22.4 Å². The second-order valence-corrected chi connectivity index (χ2v) is 11.1. The lowest BCUT2D eigenvalue weighted by molar-refractivity contribution is -0.115. The molecule has 164 valence electrons. The molecule has 9 heteroatoms. The summed E-state index contributed by atoms with van der Waals surface area (Å²) in [6.45, 7) is 1.14. The number of hydrogen-bond acceptors (Lipinski definition) is 5. The molecular formula is C23H22N4O3S2. The smallest absolute Gasteiger partial charge is 0.252 e. The quantitative estimate of drug-likeness (QED) is 0.444. The van der Waals surface area contributed by atoms with Gasteiger partial charge in [-0.1, -0.05) is 12.1 Å². The van der Waals surface area contributed by atoms with Crippen molar-refractivity contribution in [2.24, 2.45) is 0 Å². The number of thiophene rings is 1. The zero-order valence-corrected chi connectivity index (χ0v) is 18.9. The van der Waals surface area contributed by atoms with Crippen molar-refractivity contribution < 1.29 is 13.2 Å². The van der Waals surface area contributed by atoms with E-state index >= 15 is 0 Å². The Morgan fingerprint density at radius 2 is 1.78 bits per heavy atom. The van der Waals surface area contributed by atoms with Gasteiger partial charge in [-0.25, -0.2) is 13.4 Å². The van der Waals surface area contributed by atoms with Crippen LogP contribution in [-0.2, 0) is 21.2 Å². The lowest BCUT2D eigenvalue weighted by Crippen LogP contribution is -2.27. The van der Waals surface area contributed by atoms with E-state index in [0.717, 1.165) is 51.5 Å². The lowest BCUT2D eigenvalue weighted by Gasteiger charge is -2.13. The Kier molecular flexibility index (Phi) is 5.54. The van der Waals surface area contributed by atoms with Gasteiger partial charge in [-0.05, 0) is 61.4 Å². The largest absolute Gasteiger partial charge is 0.338 e. The summed E-state index contributed by atoms with van der Waals surface area (Å²) in [6, 6.07) is 18.6. The van der Waals surface area contributed by atoms with Crippen molar-refractivity contribution in [1.29, 1.82) is 0 Å². The molecule has 1 amide bonds. The minimum atomic E-state index is -3.44. The summed E-state index contributed by atoms with van der Waals surface area (Å²) in [5.41, 5.74) is 3.48. The van der Waals surface area contributed by atoms with Gasteiger partial charge < -0.3 is 10.3 Å². The number of nitrogens with zero attached hydrogens (tertiary/aromatic N) is 2. The summed E-state index contributed by atoms with van der Waals surface area (Å²) in [6.07, 6.45) is 1.93. The predicted octanol–water partition coefficient (Wildman–Crippen LogP) is 4.26. The summed E-state index contributed by atoms with van der Waals surface area (Å²) in [5, 5.41) is 2.88. The highest BCUT2D eigenvalue weighted by Crippen LogP contribution is 2.28. The number of hydrogen-bond donors (Lipinski definition) is 2. The molecule has 4 aromatic rings. The maximum atomic E-state index is 12.7. The molecule has 1 saturated heterocycles. The molecule has 2 aromatic heterocycles. The molecular weight excluding hydrogens is 444 g/mol. The van der Waals surface area contributed by atoms with Crippen LogP contribution in [0.3, 0.4) is 0 Å². The number of para-hydroxylation sites is 2. The molecule has 0 atom stereocenters. The normalized spacial score (nSPS) is 14.8. The zero-order valence-electron chi connectivity index (χ0n) is 17.2. The van der Waals surface area contributed by atoms with Crippen LogP contribution in [0.5, 0.6) is 0 Å². The van der Waals surface area contributed by atoms with Crippen LogP contribution in [0.2, 0.25) is 0 Å². The van der Waals surface area contributed by atoms with Gasteiger partial charge in [0.15, 0.2) is 0 Å². The fraction of sp³-hybridized carbons (Fsp3) is 0.217. The van der Waals surface area contributed by atoms with Crippen molar-refractivity contribution in [3.8, 4) is 11.4 Å². The summed E-state index contributed by atoms with van der Waals surface area (Å²) >= 11 is 1.16. The molecule has 32 heavy (non-hydrogen) atoms. The van der Waals surface area contributed by atoms with Crippen LogP contribution in [0, 0.1) is 0 Å². The van der Waals surface area contributed by atoms with Gasteiger partial charge >= 0.3 is 0 Å². The third kappa shape index (κ3) is 4.19. The second kappa shape index (κ2) is 8.50. The van der Waals surface area contributed by atoms with Crippen LogP contribution in [0.4, 0.5) is 5.69 Å². The Bertz CT molecular complexity index is 1330. The number of imidazole rings is 1. The number of carbonyl (C=O) groups is 1. The first-order valence-electron chi connectivity index (χ1n) is 10.4. The number of amides is 1. The van der Waals surface area contributed by atoms with Gasteiger partial charge in [0.25, 0.3) is 10.0 Å². The lowest BCUT2D eigenvalue weighted by atomic mass is 10.2. The minimum absolute atomic E-state index is 0.130. The summed E-state index contributed by atoms with van der Waals surface area (Å²) < 4.78 is 27.1. The third-order valence-corrected chi connectivity index (χ3v) is 8.91. The molecule has 0 unspecified atom stereocenters. The SMILES string of the molecule is O=C(Cc1ccc(S(=O)(=O)N2CCCC2)s1)Nc1ccc(-c2nc3ccccc3[nH]2)cc1. The first kappa shape index (κ1) is 20.9. The molecule has 0 spiro atoms. The molecule has 0 bridgehead atoms. The van der Waals surface area contributed by atoms with E-state index < -0.39 is 10.0 Å². The molecule has 1 aliphatic heterocycles. The number of aromatic amines is 1. The Balaban J connectivity index is 1.23. The zero-order chi connectivity index (χ0) is 22.1. The highest BCUT2D eigenvalue weighted by atomic mass is 32.2. The van der Waals surface area contributed by atoms with Crippen LogP contribution in [0.1, 0.15) is 17.7 Å². The number of nitrogens with one attached hydrogen (secondary N) is 2. The van der Waals surface area contributed by atoms with E-state index in [2.05, 4.69) is 15.3 Å². The third-order valence-electron chi connectivity index (χ3n) is 5.46. The fourth-order valence-electron chi connectivity index (χ4n) is 3.81. The topological polar surface area (TPSA) is 95.2 Å². The van der Waals surface area contributed by atoms with Gasteiger partial charge in [0.05, 0.1) is 17.5 Å². The van der Waals surface area contributed by atoms with Gasteiger partial charge in [-0.3, -0.25) is 4.79 Å². The molecule has 1 aliphatic rings. The van der Waals surface area contributed by atoms with Crippen molar-refractivity contribution in [2.75, 3.05) is 18.4 Å². The van der Waals surface area contributed by atoms with Crippen molar-refractivity contribution in [3.63, 3.8) is 0 Å². The van der Waals surface area contributed by atoms with Gasteiger partial charge in [-0.2, -0.15) is 4.31 Å². The minimum Gasteiger partial charge on any atom is -0.338 e. The monoisotopic (exact) mass is 466 g/mol. The number of H-pyrrole nitrogens is 1. The van der Waals surface area contributed by atoms with Crippen molar-refractivity contribution in [3.05, 3.63) is 65.5 Å². The van der Waals surface area contributed by atoms with E-state index in [1.54, 1.807) is 12.1 Å². The average Bonchev–Trinajstić information content (AvgIpc) is 3.54. The molecule has 0 saturated carbocycles. The van der Waals surface area contributed by atoms with Crippen molar-refractivity contribution in [1.82, 2.24) is 14.3 Å². The van der Waals surface area contributed by atoms with Crippen molar-refractivity contribution in [2.45, 2.75) is 23.5 Å². The summed E-state index contributed by atoms with van der Waals surface area (Å²) in [5.74, 6) is 0.586. The van der Waals surface area contributed by atoms with E-state index in [1.165, 1.54) is 4.31 Å². The van der Waals surface area contributed by atoms with Crippen LogP contribution in [0.15, 0.2) is 64.9 Å². The second-order valence-electron chi connectivity index (χ2n) is 7.74. The maximum absolute atomic E-state index is 12.7. The van der Waals surface area contributed by atoms with Crippen LogP contribution in [-0.4, -0.2) is 41.7 Å². The van der Waals surface area contributed by atoms with Crippen molar-refractivity contribution >= 4 is 44.0 Å². The number of rotatable bonds is 6. The highest BCUT2D eigenvalue weighted by Gasteiger charge is 2.28. The Morgan fingerprint density at radius 1 is 1.03 bits per heavy atom. The van der Waals surface area contributed by atoms with Gasteiger partial charge in [0.2, 0.25) is 5.91 Å². The molecule has 5 rings (SSSR count). The first-order chi connectivity index (χ1) is 15.5. The van der Waals surface area contributed by atoms with Gasteiger partial charge in [0.1, 0.15) is 10.0 Å². The van der Waals surface area contributed by atoms with Gasteiger partial charge in [-0.15, -0.1) is 11.3 Å². The number of anilines is 1. The maximum Gasteiger partial charge on any atom is 0.252 e. The van der Waals surface area contributed by atoms with Gasteiger partial charge in [0, 0.05) is 29.2 Å². The van der Waals surface area contributed by atoms with E-state index in [1.807, 2.05) is 48.5 Å². The number of fused-ring (bicyclic) bond motifs is 1. The van der Waals surface area contributed by atoms with Crippen LogP contribution >= 0.6 is 11.3 Å². The summed E-state index contributed by atoms with van der Waals surface area (Å²) in [4.78, 5) is 21.1. The van der Waals surface area contributed by atoms with Crippen LogP contribution < -0.4 is 5.32 Å². The van der Waals surface area contributed by atoms with E-state index in [9.17, 15) is 13.2 Å². The van der Waals surface area contributed by atoms with E-state index in [-0.39, 0.29) is 12.3 Å². The standard InChI is InChI=1S/C23H22N4O3S2/c28-21(15-18-11-12-22(31-18)32(29,30)27-13-3-4-14-27)24-17-9-7-16(8-10-17)23-25-19-5-1-2-6-20(19)26-23/h1-2,5-12H,3-4,13-15H2,(H,24,28)(H,25,26). The molecule has 3 heterocycles. The summed E-state index contributed by atoms with van der Waals surface area (Å²) in [7, 11) is -3.44. The molecule has 1 fully saturated rings. The highest BCUT2D eigenvalue weighted by molar-refractivity contribution is 7.91. The molecule has 0 aliphatic carbocycles. The Hall–Kier alpha value is -3.01. The number of aromatic nitrogens is 2. The Morgan fingerprint density at radius 3 is 2.53 bits per heavy atom. The number of carbonyl (C=O) groups excluding carboxylic acids is 1. The number of sulfonamides is 1. The molecule has 2 N–H and O–H groups in total. The number of benzene rings is 2. The van der Waals surface area contributed by atoms with E-state index in [4.69, 9.17) is 0 Å². The molecule has 7 nitrogen and oxygen atoms in total. The Labute approximate surface area is 190 Å². The molecule has 2 aromatic carbocycles. The molecule has 0 radical (unpaired) electrons. The first-order valence-corrected chi connectivity index (χ1v) is 12.7. The van der Waals surface area contributed by atoms with E-state index in [0.29, 0.717) is 23.0 Å². The average molecular weight is 467 g/mol. The predicted molar refractivity (Wildman–Crippen MR) is 126 cm³/mol.